The number of carbonyl (C=O) groups excluding carboxylic acids is 5. The highest BCUT2D eigenvalue weighted by molar-refractivity contribution is 5.93. The van der Waals surface area contributed by atoms with Gasteiger partial charge in [-0.25, -0.2) is 0 Å². The van der Waals surface area contributed by atoms with Gasteiger partial charge >= 0.3 is 11.9 Å². The van der Waals surface area contributed by atoms with Crippen LogP contribution in [0.5, 0.6) is 0 Å². The van der Waals surface area contributed by atoms with Crippen molar-refractivity contribution in [1.29, 1.82) is 0 Å². The van der Waals surface area contributed by atoms with Crippen molar-refractivity contribution in [3.05, 3.63) is 0 Å². The summed E-state index contributed by atoms with van der Waals surface area (Å²) in [5.41, 5.74) is 0. The Balaban J connectivity index is -0.0000000811. The van der Waals surface area contributed by atoms with E-state index < -0.39 is 5.97 Å². The number of hydrogen-bond acceptors (Lipinski definition) is 7. The van der Waals surface area contributed by atoms with Crippen LogP contribution in [0.15, 0.2) is 0 Å². The zero-order valence-electron chi connectivity index (χ0n) is 19.4. The van der Waals surface area contributed by atoms with E-state index in [1.54, 1.807) is 20.9 Å². The fraction of sp³-hybridized carbons (Fsp3) is 0.750. The van der Waals surface area contributed by atoms with Gasteiger partial charge in [0.1, 0.15) is 18.0 Å². The molecule has 0 aromatic rings. The van der Waals surface area contributed by atoms with E-state index in [-0.39, 0.29) is 29.9 Å². The van der Waals surface area contributed by atoms with E-state index in [2.05, 4.69) is 28.6 Å². The third kappa shape index (κ3) is 65.0. The van der Waals surface area contributed by atoms with Gasteiger partial charge in [0.25, 0.3) is 0 Å². The molecule has 168 valence electrons. The van der Waals surface area contributed by atoms with Crippen LogP contribution in [0.1, 0.15) is 80.6 Å². The van der Waals surface area contributed by atoms with Crippen molar-refractivity contribution < 1.29 is 33.4 Å². The van der Waals surface area contributed by atoms with E-state index in [1.807, 2.05) is 13.8 Å². The maximum atomic E-state index is 10.2. The molecule has 8 nitrogen and oxygen atoms in total. The first-order valence-corrected chi connectivity index (χ1v) is 9.30. The van der Waals surface area contributed by atoms with Crippen LogP contribution in [0.25, 0.3) is 0 Å². The summed E-state index contributed by atoms with van der Waals surface area (Å²) in [5.74, 6) is -0.454. The van der Waals surface area contributed by atoms with Crippen LogP contribution in [0.2, 0.25) is 0 Å². The quantitative estimate of drug-likeness (QED) is 0.549. The molecule has 28 heavy (non-hydrogen) atoms. The third-order valence-electron chi connectivity index (χ3n) is 2.24. The minimum Gasteiger partial charge on any atom is -0.469 e. The Hall–Kier alpha value is -2.25. The van der Waals surface area contributed by atoms with Crippen molar-refractivity contribution >= 4 is 29.4 Å². The molecule has 0 fully saturated rings. The summed E-state index contributed by atoms with van der Waals surface area (Å²) in [6, 6.07) is 0. The molecule has 0 aliphatic heterocycles. The van der Waals surface area contributed by atoms with E-state index in [0.717, 1.165) is 0 Å². The minimum absolute atomic E-state index is 0.0926. The summed E-state index contributed by atoms with van der Waals surface area (Å²) in [7, 11) is 4.27. The average molecular weight is 408 g/mol. The lowest BCUT2D eigenvalue weighted by atomic mass is 10.3. The minimum atomic E-state index is -0.475. The van der Waals surface area contributed by atoms with Crippen molar-refractivity contribution in [3.8, 4) is 0 Å². The molecule has 0 aliphatic rings. The van der Waals surface area contributed by atoms with Crippen molar-refractivity contribution in [2.45, 2.75) is 80.6 Å². The first-order chi connectivity index (χ1) is 13.0. The molecule has 0 heterocycles. The van der Waals surface area contributed by atoms with Gasteiger partial charge in [-0.2, -0.15) is 0 Å². The number of Topliss-reactive ketones (excluding diaryl/α,β-unsaturated/α-hetero) is 2. The van der Waals surface area contributed by atoms with Gasteiger partial charge in [-0.15, -0.1) is 0 Å². The van der Waals surface area contributed by atoms with Crippen LogP contribution in [-0.4, -0.2) is 50.7 Å². The smallest absolute Gasteiger partial charge is 0.313 e. The molecule has 1 N–H and O–H groups in total. The second-order valence-corrected chi connectivity index (χ2v) is 5.17. The van der Waals surface area contributed by atoms with Crippen molar-refractivity contribution in [3.63, 3.8) is 0 Å². The number of esters is 2. The number of ether oxygens (including phenoxy) is 2. The summed E-state index contributed by atoms with van der Waals surface area (Å²) in [6.45, 7) is 12.6. The summed E-state index contributed by atoms with van der Waals surface area (Å²) >= 11 is 0. The Bertz CT molecular complexity index is 379. The average Bonchev–Trinajstić information content (AvgIpc) is 2.67. The van der Waals surface area contributed by atoms with Crippen LogP contribution in [0.4, 0.5) is 0 Å². The number of hydrogen-bond donors (Lipinski definition) is 1. The number of ketones is 2. The molecule has 0 saturated heterocycles. The highest BCUT2D eigenvalue weighted by atomic mass is 16.5. The lowest BCUT2D eigenvalue weighted by Crippen LogP contribution is -2.15. The second kappa shape index (κ2) is 32.4. The van der Waals surface area contributed by atoms with Gasteiger partial charge in [-0.05, 0) is 13.8 Å². The maximum absolute atomic E-state index is 10.2. The normalized spacial score (nSPS) is 7.64. The van der Waals surface area contributed by atoms with Gasteiger partial charge in [0.2, 0.25) is 5.91 Å². The van der Waals surface area contributed by atoms with E-state index >= 15 is 0 Å². The first-order valence-electron chi connectivity index (χ1n) is 9.30. The largest absolute Gasteiger partial charge is 0.469 e. The molecule has 0 saturated carbocycles. The predicted octanol–water partition coefficient (Wildman–Crippen LogP) is 3.25. The summed E-state index contributed by atoms with van der Waals surface area (Å²) in [4.78, 5) is 50.1. The molecule has 8 heteroatoms. The molecule has 0 unspecified atom stereocenters. The van der Waals surface area contributed by atoms with E-state index in [0.29, 0.717) is 19.3 Å². The van der Waals surface area contributed by atoms with Gasteiger partial charge in [0.05, 0.1) is 14.2 Å². The highest BCUT2D eigenvalue weighted by Crippen LogP contribution is 1.83. The lowest BCUT2D eigenvalue weighted by molar-refractivity contribution is -0.143. The SMILES string of the molecule is CCC.CCC(=O)NC.CCC(=O)OC.CCC(C)=O.COC(=O)CC(C)=O. The zero-order valence-corrected chi connectivity index (χ0v) is 19.4. The Morgan fingerprint density at radius 3 is 1.07 bits per heavy atom. The van der Waals surface area contributed by atoms with Gasteiger partial charge in [0, 0.05) is 26.3 Å². The summed E-state index contributed by atoms with van der Waals surface area (Å²) in [6.07, 6.45) is 2.85. The molecule has 0 radical (unpaired) electrons. The van der Waals surface area contributed by atoms with Gasteiger partial charge < -0.3 is 19.6 Å². The first kappa shape index (κ1) is 36.6. The topological polar surface area (TPSA) is 116 Å². The molecule has 1 amide bonds. The van der Waals surface area contributed by atoms with E-state index in [1.165, 1.54) is 27.6 Å². The second-order valence-electron chi connectivity index (χ2n) is 5.17. The Labute approximate surface area is 170 Å². The molecule has 0 rings (SSSR count). The zero-order chi connectivity index (χ0) is 23.5. The molecular formula is C20H41NO7. The molecule has 0 aromatic heterocycles. The van der Waals surface area contributed by atoms with Crippen LogP contribution in [0, 0.1) is 0 Å². The highest BCUT2D eigenvalue weighted by Gasteiger charge is 2.01. The number of carbonyl (C=O) groups is 5. The molecular weight excluding hydrogens is 366 g/mol. The van der Waals surface area contributed by atoms with Gasteiger partial charge in [0.15, 0.2) is 0 Å². The molecule has 0 bridgehead atoms. The van der Waals surface area contributed by atoms with E-state index in [9.17, 15) is 24.0 Å². The fourth-order valence-electron chi connectivity index (χ4n) is 0.597. The maximum Gasteiger partial charge on any atom is 0.313 e. The summed E-state index contributed by atoms with van der Waals surface area (Å²) < 4.78 is 8.46. The van der Waals surface area contributed by atoms with E-state index in [4.69, 9.17) is 0 Å². The number of nitrogens with one attached hydrogen (secondary N) is 1. The number of methoxy groups -OCH3 is 2. The van der Waals surface area contributed by atoms with Crippen LogP contribution in [-0.2, 0) is 33.4 Å². The Morgan fingerprint density at radius 2 is 1.04 bits per heavy atom. The Kier molecular flexibility index (Phi) is 42.4. The standard InChI is InChI=1S/C5H8O3.C4H9NO.C4H8O2.C4H8O.C3H8/c1-4(6)3-5(7)8-2;1-3-4(6)5-2;1-3-4(5)6-2;1-3-4(2)5;1-3-2/h3H2,1-2H3;3H2,1-2H3,(H,5,6);3H2,1-2H3;3H2,1-2H3;3H2,1-2H3. The van der Waals surface area contributed by atoms with Crippen molar-refractivity contribution in [2.24, 2.45) is 0 Å². The number of rotatable bonds is 5. The lowest BCUT2D eigenvalue weighted by Gasteiger charge is -1.90. The van der Waals surface area contributed by atoms with Crippen LogP contribution >= 0.6 is 0 Å². The molecule has 0 aromatic carbocycles. The third-order valence-corrected chi connectivity index (χ3v) is 2.24. The monoisotopic (exact) mass is 407 g/mol. The van der Waals surface area contributed by atoms with Crippen LogP contribution in [0.3, 0.4) is 0 Å². The molecule has 0 spiro atoms. The summed E-state index contributed by atoms with van der Waals surface area (Å²) in [5, 5.41) is 2.48. The van der Waals surface area contributed by atoms with Crippen molar-refractivity contribution in [1.82, 2.24) is 5.32 Å². The van der Waals surface area contributed by atoms with Gasteiger partial charge in [-0.1, -0.05) is 41.0 Å². The van der Waals surface area contributed by atoms with Gasteiger partial charge in [-0.3, -0.25) is 19.2 Å². The Morgan fingerprint density at radius 1 is 0.679 bits per heavy atom. The molecule has 0 aliphatic carbocycles. The van der Waals surface area contributed by atoms with Crippen molar-refractivity contribution in [2.75, 3.05) is 21.3 Å². The van der Waals surface area contributed by atoms with Crippen LogP contribution < -0.4 is 5.32 Å². The predicted molar refractivity (Wildman–Crippen MR) is 111 cm³/mol. The number of amides is 1. The molecule has 0 atom stereocenters. The fourth-order valence-corrected chi connectivity index (χ4v) is 0.597.